The predicted molar refractivity (Wildman–Crippen MR) is 119 cm³/mol. The first-order chi connectivity index (χ1) is 14.7. The number of benzene rings is 2. The van der Waals surface area contributed by atoms with Crippen LogP contribution in [0.4, 0.5) is 11.4 Å². The van der Waals surface area contributed by atoms with Crippen LogP contribution in [0, 0.1) is 30.9 Å². The minimum atomic E-state index is -0.525. The molecule has 0 aliphatic rings. The second-order valence-corrected chi connectivity index (χ2v) is 7.20. The fourth-order valence-electron chi connectivity index (χ4n) is 3.51. The van der Waals surface area contributed by atoms with Crippen LogP contribution in [0.15, 0.2) is 34.8 Å². The zero-order valence-electron chi connectivity index (χ0n) is 18.3. The highest BCUT2D eigenvalue weighted by atomic mass is 16.6. The Bertz CT molecular complexity index is 1220. The summed E-state index contributed by atoms with van der Waals surface area (Å²) < 4.78 is 16.7. The van der Waals surface area contributed by atoms with Crippen molar-refractivity contribution in [3.8, 4) is 11.5 Å². The largest absolute Gasteiger partial charge is 0.496 e. The van der Waals surface area contributed by atoms with E-state index in [-0.39, 0.29) is 11.4 Å². The number of nitro groups is 1. The van der Waals surface area contributed by atoms with Gasteiger partial charge in [-0.2, -0.15) is 0 Å². The number of nitrogens with zero attached hydrogens (tertiary/aromatic N) is 1. The molecule has 3 aromatic rings. The Kier molecular flexibility index (Phi) is 6.01. The van der Waals surface area contributed by atoms with Crippen molar-refractivity contribution in [3.05, 3.63) is 62.9 Å². The van der Waals surface area contributed by atoms with Crippen LogP contribution >= 0.6 is 0 Å². The van der Waals surface area contributed by atoms with Crippen molar-refractivity contribution in [1.29, 1.82) is 0 Å². The summed E-state index contributed by atoms with van der Waals surface area (Å²) >= 11 is 0. The second-order valence-electron chi connectivity index (χ2n) is 7.20. The van der Waals surface area contributed by atoms with Crippen LogP contribution in [0.1, 0.15) is 29.4 Å². The lowest BCUT2D eigenvalue weighted by Crippen LogP contribution is -2.10. The molecule has 2 aromatic carbocycles. The molecular weight excluding hydrogens is 400 g/mol. The fraction of sp³-hybridized carbons (Fsp3) is 0.261. The normalized spacial score (nSPS) is 11.5. The Hall–Kier alpha value is -3.81. The summed E-state index contributed by atoms with van der Waals surface area (Å²) in [7, 11) is 2.96. The van der Waals surface area contributed by atoms with Gasteiger partial charge in [0.25, 0.3) is 5.69 Å². The smallest absolute Gasteiger partial charge is 0.273 e. The third kappa shape index (κ3) is 4.09. The molecule has 0 saturated carbocycles. The number of nitrogens with one attached hydrogen (secondary N) is 1. The van der Waals surface area contributed by atoms with E-state index < -0.39 is 10.8 Å². The fourth-order valence-corrected chi connectivity index (χ4v) is 3.51. The highest BCUT2D eigenvalue weighted by molar-refractivity contribution is 6.05. The number of methoxy groups -OCH3 is 2. The summed E-state index contributed by atoms with van der Waals surface area (Å²) in [6.45, 7) is 7.64. The molecule has 0 bridgehead atoms. The number of anilines is 1. The van der Waals surface area contributed by atoms with Crippen molar-refractivity contribution < 1.29 is 23.6 Å². The van der Waals surface area contributed by atoms with Crippen LogP contribution < -0.4 is 14.8 Å². The Balaban J connectivity index is 1.98. The van der Waals surface area contributed by atoms with Crippen molar-refractivity contribution in [2.75, 3.05) is 19.5 Å². The van der Waals surface area contributed by atoms with Crippen LogP contribution in [0.5, 0.6) is 11.5 Å². The number of nitro benzene ring substituents is 1. The maximum Gasteiger partial charge on any atom is 0.273 e. The highest BCUT2D eigenvalue weighted by Gasteiger charge is 2.19. The third-order valence-corrected chi connectivity index (χ3v) is 5.28. The molecule has 0 aliphatic carbocycles. The van der Waals surface area contributed by atoms with Gasteiger partial charge in [-0.1, -0.05) is 0 Å². The standard InChI is InChI=1S/C23H24N2O6/c1-12(9-21(26)24-19-8-7-16(25(27)28)10-20(19)29-5)17-11-18-13(2)15(4)31-23(18)14(3)22(17)30-6/h7-11H,1-6H3,(H,24,26)/b12-9+. The van der Waals surface area contributed by atoms with E-state index in [0.717, 1.165) is 33.4 Å². The van der Waals surface area contributed by atoms with E-state index in [0.29, 0.717) is 17.0 Å². The number of hydrogen-bond acceptors (Lipinski definition) is 6. The monoisotopic (exact) mass is 424 g/mol. The van der Waals surface area contributed by atoms with Crippen LogP contribution in [-0.4, -0.2) is 25.1 Å². The molecule has 1 N–H and O–H groups in total. The molecule has 31 heavy (non-hydrogen) atoms. The Morgan fingerprint density at radius 2 is 1.84 bits per heavy atom. The number of carbonyl (C=O) groups is 1. The van der Waals surface area contributed by atoms with Gasteiger partial charge in [0.05, 0.1) is 30.9 Å². The number of rotatable bonds is 6. The molecule has 0 aliphatic heterocycles. The number of amides is 1. The number of furan rings is 1. The number of fused-ring (bicyclic) bond motifs is 1. The van der Waals surface area contributed by atoms with Crippen LogP contribution in [0.2, 0.25) is 0 Å². The van der Waals surface area contributed by atoms with Crippen molar-refractivity contribution in [1.82, 2.24) is 0 Å². The SMILES string of the molecule is COc1cc([N+](=O)[O-])ccc1NC(=O)/C=C(\C)c1cc2c(C)c(C)oc2c(C)c1OC. The summed E-state index contributed by atoms with van der Waals surface area (Å²) in [5.74, 6) is 1.27. The molecule has 0 spiro atoms. The lowest BCUT2D eigenvalue weighted by atomic mass is 9.98. The summed E-state index contributed by atoms with van der Waals surface area (Å²) in [6, 6.07) is 5.96. The van der Waals surface area contributed by atoms with Crippen LogP contribution in [-0.2, 0) is 4.79 Å². The van der Waals surface area contributed by atoms with Gasteiger partial charge in [-0.05, 0) is 51.0 Å². The molecule has 0 atom stereocenters. The first kappa shape index (κ1) is 21.9. The van der Waals surface area contributed by atoms with Crippen LogP contribution in [0.25, 0.3) is 16.5 Å². The molecule has 0 unspecified atom stereocenters. The average Bonchev–Trinajstić information content (AvgIpc) is 3.02. The molecule has 8 nitrogen and oxygen atoms in total. The molecule has 1 aromatic heterocycles. The molecule has 0 saturated heterocycles. The molecule has 162 valence electrons. The number of aryl methyl sites for hydroxylation is 3. The second kappa shape index (κ2) is 8.51. The maximum atomic E-state index is 12.7. The molecule has 0 fully saturated rings. The topological polar surface area (TPSA) is 104 Å². The summed E-state index contributed by atoms with van der Waals surface area (Å²) in [5.41, 5.74) is 4.35. The maximum absolute atomic E-state index is 12.7. The number of ether oxygens (including phenoxy) is 2. The van der Waals surface area contributed by atoms with E-state index in [2.05, 4.69) is 5.32 Å². The Labute approximate surface area is 179 Å². The van der Waals surface area contributed by atoms with E-state index in [1.807, 2.05) is 33.8 Å². The summed E-state index contributed by atoms with van der Waals surface area (Å²) in [6.07, 6.45) is 1.45. The predicted octanol–water partition coefficient (Wildman–Crippen LogP) is 5.33. The van der Waals surface area contributed by atoms with Crippen molar-refractivity contribution >= 4 is 33.8 Å². The number of carbonyl (C=O) groups excluding carboxylic acids is 1. The van der Waals surface area contributed by atoms with E-state index in [4.69, 9.17) is 13.9 Å². The lowest BCUT2D eigenvalue weighted by Gasteiger charge is -2.13. The first-order valence-corrected chi connectivity index (χ1v) is 9.57. The molecule has 1 heterocycles. The quantitative estimate of drug-likeness (QED) is 0.326. The van der Waals surface area contributed by atoms with E-state index >= 15 is 0 Å². The molecule has 0 radical (unpaired) electrons. The molecule has 8 heteroatoms. The molecular formula is C23H24N2O6. The van der Waals surface area contributed by atoms with Gasteiger partial charge < -0.3 is 19.2 Å². The zero-order valence-corrected chi connectivity index (χ0v) is 18.3. The Morgan fingerprint density at radius 1 is 1.13 bits per heavy atom. The summed E-state index contributed by atoms with van der Waals surface area (Å²) in [5, 5.41) is 14.6. The van der Waals surface area contributed by atoms with Gasteiger partial charge in [0, 0.05) is 28.7 Å². The minimum Gasteiger partial charge on any atom is -0.496 e. The minimum absolute atomic E-state index is 0.124. The van der Waals surface area contributed by atoms with Gasteiger partial charge in [-0.3, -0.25) is 14.9 Å². The number of non-ortho nitro benzene ring substituents is 1. The van der Waals surface area contributed by atoms with Crippen molar-refractivity contribution in [2.24, 2.45) is 0 Å². The van der Waals surface area contributed by atoms with Gasteiger partial charge in [-0.15, -0.1) is 0 Å². The van der Waals surface area contributed by atoms with E-state index in [9.17, 15) is 14.9 Å². The molecule has 3 rings (SSSR count). The van der Waals surface area contributed by atoms with Gasteiger partial charge in [0.1, 0.15) is 22.8 Å². The third-order valence-electron chi connectivity index (χ3n) is 5.28. The van der Waals surface area contributed by atoms with Gasteiger partial charge >= 0.3 is 0 Å². The van der Waals surface area contributed by atoms with Crippen molar-refractivity contribution in [3.63, 3.8) is 0 Å². The van der Waals surface area contributed by atoms with Crippen molar-refractivity contribution in [2.45, 2.75) is 27.7 Å². The Morgan fingerprint density at radius 3 is 2.45 bits per heavy atom. The molecule has 1 amide bonds. The van der Waals surface area contributed by atoms with Gasteiger partial charge in [0.2, 0.25) is 5.91 Å². The first-order valence-electron chi connectivity index (χ1n) is 9.57. The number of hydrogen-bond donors (Lipinski definition) is 1. The van der Waals surface area contributed by atoms with E-state index in [1.54, 1.807) is 7.11 Å². The lowest BCUT2D eigenvalue weighted by molar-refractivity contribution is -0.384. The van der Waals surface area contributed by atoms with Gasteiger partial charge in [-0.25, -0.2) is 0 Å². The summed E-state index contributed by atoms with van der Waals surface area (Å²) in [4.78, 5) is 23.1. The van der Waals surface area contributed by atoms with E-state index in [1.165, 1.54) is 31.4 Å². The number of allylic oxidation sites excluding steroid dienone is 1. The van der Waals surface area contributed by atoms with Gasteiger partial charge in [0.15, 0.2) is 0 Å². The van der Waals surface area contributed by atoms with Crippen LogP contribution in [0.3, 0.4) is 0 Å². The highest BCUT2D eigenvalue weighted by Crippen LogP contribution is 2.38. The zero-order chi connectivity index (χ0) is 22.9. The average molecular weight is 424 g/mol.